The maximum Gasteiger partial charge on any atom is 0.273 e. The molecule has 3 rings (SSSR count). The molecular weight excluding hydrogens is 328 g/mol. The molecule has 0 N–H and O–H groups in total. The number of rotatable bonds is 4. The maximum atomic E-state index is 12.6. The molecule has 7 nitrogen and oxygen atoms in total. The summed E-state index contributed by atoms with van der Waals surface area (Å²) < 4.78 is 3.51. The summed E-state index contributed by atoms with van der Waals surface area (Å²) in [6, 6.07) is 0. The van der Waals surface area contributed by atoms with Crippen LogP contribution in [0.1, 0.15) is 28.7 Å². The van der Waals surface area contributed by atoms with Gasteiger partial charge < -0.3 is 4.90 Å². The lowest BCUT2D eigenvalue weighted by molar-refractivity contribution is 0.0617. The van der Waals surface area contributed by atoms with Gasteiger partial charge in [-0.05, 0) is 13.8 Å². The van der Waals surface area contributed by atoms with E-state index in [-0.39, 0.29) is 5.91 Å². The first-order valence-corrected chi connectivity index (χ1v) is 8.59. The minimum Gasteiger partial charge on any atom is -0.335 e. The van der Waals surface area contributed by atoms with Gasteiger partial charge in [0.2, 0.25) is 0 Å². The van der Waals surface area contributed by atoms with Gasteiger partial charge >= 0.3 is 0 Å². The Morgan fingerprint density at radius 3 is 2.54 bits per heavy atom. The van der Waals surface area contributed by atoms with Crippen molar-refractivity contribution < 1.29 is 4.79 Å². The van der Waals surface area contributed by atoms with Gasteiger partial charge in [0, 0.05) is 58.1 Å². The zero-order chi connectivity index (χ0) is 17.3. The number of hydrogen-bond acceptors (Lipinski definition) is 4. The van der Waals surface area contributed by atoms with Crippen molar-refractivity contribution >= 4 is 17.5 Å². The molecule has 0 spiro atoms. The van der Waals surface area contributed by atoms with Crippen molar-refractivity contribution in [3.63, 3.8) is 0 Å². The van der Waals surface area contributed by atoms with Gasteiger partial charge in [0.05, 0.1) is 16.9 Å². The highest BCUT2D eigenvalue weighted by Crippen LogP contribution is 2.18. The van der Waals surface area contributed by atoms with Crippen LogP contribution >= 0.6 is 11.6 Å². The standard InChI is InChI=1S/C16H23ClN6O/c1-4-23-11-13(12(2)19-23)10-21-5-7-22(8-6-21)16(24)15-14(17)9-18-20(15)3/h9,11H,4-8,10H2,1-3H3. The lowest BCUT2D eigenvalue weighted by Gasteiger charge is -2.34. The van der Waals surface area contributed by atoms with Gasteiger partial charge in [0.15, 0.2) is 0 Å². The third-order valence-electron chi connectivity index (χ3n) is 4.52. The van der Waals surface area contributed by atoms with E-state index in [0.29, 0.717) is 23.8 Å². The molecule has 130 valence electrons. The predicted molar refractivity (Wildman–Crippen MR) is 92.0 cm³/mol. The van der Waals surface area contributed by atoms with Crippen molar-refractivity contribution in [2.24, 2.45) is 7.05 Å². The summed E-state index contributed by atoms with van der Waals surface area (Å²) in [7, 11) is 1.74. The van der Waals surface area contributed by atoms with Crippen molar-refractivity contribution in [1.29, 1.82) is 0 Å². The Morgan fingerprint density at radius 2 is 2.00 bits per heavy atom. The third kappa shape index (κ3) is 3.32. The van der Waals surface area contributed by atoms with Crippen LogP contribution in [0.4, 0.5) is 0 Å². The van der Waals surface area contributed by atoms with E-state index in [9.17, 15) is 4.79 Å². The van der Waals surface area contributed by atoms with E-state index in [2.05, 4.69) is 28.2 Å². The first-order valence-electron chi connectivity index (χ1n) is 8.21. The van der Waals surface area contributed by atoms with Crippen LogP contribution in [0.2, 0.25) is 5.02 Å². The molecule has 8 heteroatoms. The number of nitrogens with zero attached hydrogens (tertiary/aromatic N) is 6. The second-order valence-electron chi connectivity index (χ2n) is 6.13. The number of amides is 1. The summed E-state index contributed by atoms with van der Waals surface area (Å²) in [6.45, 7) is 8.98. The summed E-state index contributed by atoms with van der Waals surface area (Å²) in [5, 5.41) is 8.94. The Labute approximate surface area is 146 Å². The molecule has 0 bridgehead atoms. The summed E-state index contributed by atoms with van der Waals surface area (Å²) in [6.07, 6.45) is 3.63. The smallest absolute Gasteiger partial charge is 0.273 e. The Balaban J connectivity index is 1.59. The lowest BCUT2D eigenvalue weighted by Crippen LogP contribution is -2.48. The highest BCUT2D eigenvalue weighted by atomic mass is 35.5. The molecule has 1 aliphatic heterocycles. The van der Waals surface area contributed by atoms with Crippen LogP contribution < -0.4 is 0 Å². The molecule has 0 aromatic carbocycles. The van der Waals surface area contributed by atoms with E-state index >= 15 is 0 Å². The van der Waals surface area contributed by atoms with Crippen LogP contribution in [0.25, 0.3) is 0 Å². The van der Waals surface area contributed by atoms with Gasteiger partial charge in [0.25, 0.3) is 5.91 Å². The average molecular weight is 351 g/mol. The molecule has 1 amide bonds. The largest absolute Gasteiger partial charge is 0.335 e. The minimum atomic E-state index is -0.0466. The molecule has 3 heterocycles. The van der Waals surface area contributed by atoms with Gasteiger partial charge in [-0.1, -0.05) is 11.6 Å². The fraction of sp³-hybridized carbons (Fsp3) is 0.562. The van der Waals surface area contributed by atoms with Gasteiger partial charge in [-0.3, -0.25) is 19.1 Å². The molecule has 1 saturated heterocycles. The van der Waals surface area contributed by atoms with Gasteiger partial charge in [-0.15, -0.1) is 0 Å². The molecule has 24 heavy (non-hydrogen) atoms. The molecule has 0 aliphatic carbocycles. The number of aryl methyl sites for hydroxylation is 3. The molecule has 1 fully saturated rings. The second-order valence-corrected chi connectivity index (χ2v) is 6.54. The summed E-state index contributed by atoms with van der Waals surface area (Å²) in [5.41, 5.74) is 2.80. The Bertz CT molecular complexity index is 710. The fourth-order valence-electron chi connectivity index (χ4n) is 3.03. The lowest BCUT2D eigenvalue weighted by atomic mass is 10.2. The molecule has 0 unspecified atom stereocenters. The average Bonchev–Trinajstić information content (AvgIpc) is 3.10. The van der Waals surface area contributed by atoms with Gasteiger partial charge in [0.1, 0.15) is 5.69 Å². The van der Waals surface area contributed by atoms with Crippen molar-refractivity contribution in [1.82, 2.24) is 29.4 Å². The normalized spacial score (nSPS) is 15.9. The molecule has 0 saturated carbocycles. The molecular formula is C16H23ClN6O. The van der Waals surface area contributed by atoms with E-state index in [4.69, 9.17) is 11.6 Å². The minimum absolute atomic E-state index is 0.0466. The first kappa shape index (κ1) is 17.0. The number of aromatic nitrogens is 4. The quantitative estimate of drug-likeness (QED) is 0.839. The SMILES string of the molecule is CCn1cc(CN2CCN(C(=O)c3c(Cl)cnn3C)CC2)c(C)n1. The van der Waals surface area contributed by atoms with Crippen LogP contribution in [-0.2, 0) is 20.1 Å². The monoisotopic (exact) mass is 350 g/mol. The van der Waals surface area contributed by atoms with Gasteiger partial charge in [-0.2, -0.15) is 10.2 Å². The van der Waals surface area contributed by atoms with Crippen molar-refractivity contribution in [3.05, 3.63) is 34.4 Å². The maximum absolute atomic E-state index is 12.6. The Kier molecular flexibility index (Phi) is 4.91. The third-order valence-corrected chi connectivity index (χ3v) is 4.80. The van der Waals surface area contributed by atoms with Crippen LogP contribution in [-0.4, -0.2) is 61.4 Å². The highest BCUT2D eigenvalue weighted by molar-refractivity contribution is 6.33. The van der Waals surface area contributed by atoms with Crippen LogP contribution in [0.3, 0.4) is 0 Å². The predicted octanol–water partition coefficient (Wildman–Crippen LogP) is 1.56. The van der Waals surface area contributed by atoms with Crippen LogP contribution in [0, 0.1) is 6.92 Å². The summed E-state index contributed by atoms with van der Waals surface area (Å²) >= 11 is 6.08. The molecule has 1 aliphatic rings. The van der Waals surface area contributed by atoms with Crippen LogP contribution in [0.15, 0.2) is 12.4 Å². The highest BCUT2D eigenvalue weighted by Gasteiger charge is 2.26. The second kappa shape index (κ2) is 6.94. The first-order chi connectivity index (χ1) is 11.5. The summed E-state index contributed by atoms with van der Waals surface area (Å²) in [4.78, 5) is 16.8. The molecule has 0 radical (unpaired) electrons. The zero-order valence-corrected chi connectivity index (χ0v) is 15.1. The Hall–Kier alpha value is -1.86. The molecule has 0 atom stereocenters. The number of hydrogen-bond donors (Lipinski definition) is 0. The fourth-order valence-corrected chi connectivity index (χ4v) is 3.27. The van der Waals surface area contributed by atoms with E-state index in [1.54, 1.807) is 11.7 Å². The molecule has 2 aromatic heterocycles. The number of halogens is 1. The topological polar surface area (TPSA) is 59.2 Å². The van der Waals surface area contributed by atoms with Crippen LogP contribution in [0.5, 0.6) is 0 Å². The van der Waals surface area contributed by atoms with Crippen molar-refractivity contribution in [3.8, 4) is 0 Å². The number of carbonyl (C=O) groups excluding carboxylic acids is 1. The van der Waals surface area contributed by atoms with Crippen molar-refractivity contribution in [2.75, 3.05) is 26.2 Å². The molecule has 2 aromatic rings. The van der Waals surface area contributed by atoms with E-state index in [1.807, 2.05) is 16.5 Å². The van der Waals surface area contributed by atoms with Crippen molar-refractivity contribution in [2.45, 2.75) is 26.9 Å². The van der Waals surface area contributed by atoms with E-state index in [1.165, 1.54) is 11.8 Å². The van der Waals surface area contributed by atoms with Gasteiger partial charge in [-0.25, -0.2) is 0 Å². The zero-order valence-electron chi connectivity index (χ0n) is 14.4. The van der Waals surface area contributed by atoms with E-state index < -0.39 is 0 Å². The number of piperazine rings is 1. The summed E-state index contributed by atoms with van der Waals surface area (Å²) in [5.74, 6) is -0.0466. The van der Waals surface area contributed by atoms with E-state index in [0.717, 1.165) is 31.9 Å². The Morgan fingerprint density at radius 1 is 1.29 bits per heavy atom. The number of carbonyl (C=O) groups is 1.